The largest absolute Gasteiger partial charge is 0.309 e. The molecule has 0 spiro atoms. The smallest absolute Gasteiger partial charge is 0.180 e. The molecule has 3 aromatic heterocycles. The molecule has 0 radical (unpaired) electrons. The summed E-state index contributed by atoms with van der Waals surface area (Å²) in [4.78, 5) is 4.42. The van der Waals surface area contributed by atoms with Crippen molar-refractivity contribution < 1.29 is 0 Å². The van der Waals surface area contributed by atoms with Gasteiger partial charge in [-0.1, -0.05) is 182 Å². The lowest BCUT2D eigenvalue weighted by Crippen LogP contribution is -2.72. The van der Waals surface area contributed by atoms with Crippen molar-refractivity contribution in [1.29, 1.82) is 0 Å². The molecule has 0 bridgehead atoms. The van der Waals surface area contributed by atoms with Crippen molar-refractivity contribution in [2.75, 3.05) is 0 Å². The van der Waals surface area contributed by atoms with E-state index in [1.165, 1.54) is 108 Å². The summed E-state index contributed by atoms with van der Waals surface area (Å²) < 4.78 is 4.91. The molecule has 11 aromatic carbocycles. The first-order valence-corrected chi connectivity index (χ1v) is 26.5. The Morgan fingerprint density at radius 3 is 1.75 bits per heavy atom. The Kier molecular flexibility index (Phi) is 8.68. The van der Waals surface area contributed by atoms with Crippen molar-refractivity contribution in [3.8, 4) is 44.8 Å². The van der Waals surface area contributed by atoms with Gasteiger partial charge < -0.3 is 9.13 Å². The summed E-state index contributed by atoms with van der Waals surface area (Å²) in [6, 6.07) is 93.1. The second-order valence-corrected chi connectivity index (χ2v) is 22.8. The molecular weight excluding hydrogens is 875 g/mol. The number of nitrogens with zero attached hydrogens (tertiary/aromatic N) is 3. The maximum absolute atomic E-state index is 4.42. The van der Waals surface area contributed by atoms with E-state index in [4.69, 9.17) is 0 Å². The zero-order chi connectivity index (χ0) is 46.6. The van der Waals surface area contributed by atoms with Crippen LogP contribution in [0, 0.1) is 0 Å². The highest BCUT2D eigenvalue weighted by Crippen LogP contribution is 2.41. The molecule has 0 N–H and O–H groups in total. The number of fused-ring (bicyclic) bond motifs is 12. The molecule has 3 nitrogen and oxygen atoms in total. The second-order valence-electron chi connectivity index (χ2n) is 19.1. The van der Waals surface area contributed by atoms with Crippen LogP contribution in [0.15, 0.2) is 261 Å². The quantitative estimate of drug-likeness (QED) is 0.120. The Morgan fingerprint density at radius 2 is 0.944 bits per heavy atom. The lowest BCUT2D eigenvalue weighted by molar-refractivity contribution is 1.18. The monoisotopic (exact) mass is 917 g/mol. The van der Waals surface area contributed by atoms with Gasteiger partial charge in [-0.15, -0.1) is 0 Å². The predicted molar refractivity (Wildman–Crippen MR) is 301 cm³/mol. The van der Waals surface area contributed by atoms with E-state index in [-0.39, 0.29) is 0 Å². The molecule has 15 rings (SSSR count). The molecule has 0 aliphatic carbocycles. The molecule has 0 saturated heterocycles. The van der Waals surface area contributed by atoms with Crippen LogP contribution >= 0.6 is 0 Å². The SMILES string of the molecule is c1ccc([Si]2(c3ccccc3)c3ccccc3-c3ccc(-c4ccc5c(c4)c4ccccc4n5-c4ccc5cc6c(ccc7c8ccccc8n(-c8cccc(-c9cccnc9)c8)c67)cc5c4)cc32)cc1. The molecule has 0 unspecified atom stereocenters. The van der Waals surface area contributed by atoms with Crippen LogP contribution in [-0.2, 0) is 0 Å². The van der Waals surface area contributed by atoms with Crippen LogP contribution in [0.25, 0.3) is 110 Å². The fraction of sp³-hybridized carbons (Fsp3) is 0. The topological polar surface area (TPSA) is 22.8 Å². The minimum Gasteiger partial charge on any atom is -0.309 e. The molecule has 71 heavy (non-hydrogen) atoms. The van der Waals surface area contributed by atoms with E-state index in [9.17, 15) is 0 Å². The van der Waals surface area contributed by atoms with Gasteiger partial charge in [0.2, 0.25) is 0 Å². The average molecular weight is 918 g/mol. The molecule has 330 valence electrons. The minimum absolute atomic E-state index is 1.10. The lowest BCUT2D eigenvalue weighted by Gasteiger charge is -2.31. The van der Waals surface area contributed by atoms with Gasteiger partial charge in [-0.3, -0.25) is 4.98 Å². The maximum atomic E-state index is 4.42. The van der Waals surface area contributed by atoms with Crippen molar-refractivity contribution >= 4 is 94.0 Å². The van der Waals surface area contributed by atoms with Gasteiger partial charge in [0.15, 0.2) is 8.07 Å². The zero-order valence-corrected chi connectivity index (χ0v) is 39.7. The van der Waals surface area contributed by atoms with E-state index >= 15 is 0 Å². The fourth-order valence-electron chi connectivity index (χ4n) is 12.3. The van der Waals surface area contributed by atoms with Crippen LogP contribution in [0.1, 0.15) is 0 Å². The number of para-hydroxylation sites is 2. The highest BCUT2D eigenvalue weighted by atomic mass is 28.3. The number of hydrogen-bond acceptors (Lipinski definition) is 1. The molecule has 0 amide bonds. The number of aromatic nitrogens is 3. The lowest BCUT2D eigenvalue weighted by atomic mass is 9.99. The zero-order valence-electron chi connectivity index (χ0n) is 38.7. The number of hydrogen-bond donors (Lipinski definition) is 0. The van der Waals surface area contributed by atoms with Crippen LogP contribution in [-0.4, -0.2) is 22.2 Å². The first kappa shape index (κ1) is 39.9. The van der Waals surface area contributed by atoms with Crippen LogP contribution in [0.2, 0.25) is 0 Å². The normalized spacial score (nSPS) is 12.9. The van der Waals surface area contributed by atoms with Crippen LogP contribution < -0.4 is 20.7 Å². The van der Waals surface area contributed by atoms with Crippen molar-refractivity contribution in [1.82, 2.24) is 14.1 Å². The van der Waals surface area contributed by atoms with Crippen molar-refractivity contribution in [2.24, 2.45) is 0 Å². The van der Waals surface area contributed by atoms with E-state index in [0.717, 1.165) is 22.5 Å². The number of benzene rings is 11. The second kappa shape index (κ2) is 15.5. The van der Waals surface area contributed by atoms with E-state index in [1.807, 2.05) is 18.5 Å². The van der Waals surface area contributed by atoms with Gasteiger partial charge in [0, 0.05) is 56.3 Å². The molecule has 4 heteroatoms. The van der Waals surface area contributed by atoms with E-state index in [2.05, 4.69) is 257 Å². The van der Waals surface area contributed by atoms with E-state index in [1.54, 1.807) is 0 Å². The molecule has 0 fully saturated rings. The maximum Gasteiger partial charge on any atom is 0.180 e. The van der Waals surface area contributed by atoms with Gasteiger partial charge in [0.25, 0.3) is 0 Å². The average Bonchev–Trinajstić information content (AvgIpc) is 4.07. The van der Waals surface area contributed by atoms with E-state index in [0.29, 0.717) is 0 Å². The molecule has 1 aliphatic heterocycles. The molecule has 0 atom stereocenters. The van der Waals surface area contributed by atoms with Crippen LogP contribution in [0.3, 0.4) is 0 Å². The van der Waals surface area contributed by atoms with Gasteiger partial charge in [-0.05, 0) is 131 Å². The minimum atomic E-state index is -2.63. The number of rotatable bonds is 6. The summed E-state index contributed by atoms with van der Waals surface area (Å²) in [7, 11) is -2.63. The van der Waals surface area contributed by atoms with Gasteiger partial charge in [-0.25, -0.2) is 0 Å². The van der Waals surface area contributed by atoms with E-state index < -0.39 is 8.07 Å². The van der Waals surface area contributed by atoms with Crippen LogP contribution in [0.4, 0.5) is 0 Å². The molecule has 4 heterocycles. The summed E-state index contributed by atoms with van der Waals surface area (Å²) >= 11 is 0. The van der Waals surface area contributed by atoms with Gasteiger partial charge >= 0.3 is 0 Å². The fourth-order valence-corrected chi connectivity index (χ4v) is 17.6. The highest BCUT2D eigenvalue weighted by Gasteiger charge is 2.48. The van der Waals surface area contributed by atoms with Crippen molar-refractivity contribution in [2.45, 2.75) is 0 Å². The Hall–Kier alpha value is -9.09. The standard InChI is InChI=1S/C67H43N3Si/c1-3-18-53(19-4-1)71(54-20-5-2-6-21-54)65-27-12-9-24-57(65)58-33-29-47(42-66(58)71)45-31-35-64-61(41-45)56-23-8-10-25-62(56)69(64)52-32-28-46-40-60-48(37-50(46)39-52)30-34-59-55-22-7-11-26-63(55)70(67(59)60)51-17-13-15-44(38-51)49-16-14-36-68-43-49/h1-43H. The molecule has 1 aliphatic rings. The summed E-state index contributed by atoms with van der Waals surface area (Å²) in [5.41, 5.74) is 14.5. The summed E-state index contributed by atoms with van der Waals surface area (Å²) in [6.07, 6.45) is 3.77. The molecule has 14 aromatic rings. The predicted octanol–water partition coefficient (Wildman–Crippen LogP) is 14.3. The summed E-state index contributed by atoms with van der Waals surface area (Å²) in [5, 5.41) is 15.6. The third kappa shape index (κ3) is 5.86. The first-order chi connectivity index (χ1) is 35.2. The van der Waals surface area contributed by atoms with Gasteiger partial charge in [0.1, 0.15) is 0 Å². The Balaban J connectivity index is 0.876. The highest BCUT2D eigenvalue weighted by molar-refractivity contribution is 7.22. The summed E-state index contributed by atoms with van der Waals surface area (Å²) in [6.45, 7) is 0. The van der Waals surface area contributed by atoms with Crippen LogP contribution in [0.5, 0.6) is 0 Å². The third-order valence-electron chi connectivity index (χ3n) is 15.4. The number of pyridine rings is 1. The Morgan fingerprint density at radius 1 is 0.310 bits per heavy atom. The van der Waals surface area contributed by atoms with Gasteiger partial charge in [0.05, 0.1) is 22.1 Å². The van der Waals surface area contributed by atoms with Crippen molar-refractivity contribution in [3.63, 3.8) is 0 Å². The third-order valence-corrected chi connectivity index (χ3v) is 20.3. The van der Waals surface area contributed by atoms with Gasteiger partial charge in [-0.2, -0.15) is 0 Å². The summed E-state index contributed by atoms with van der Waals surface area (Å²) in [5.74, 6) is 0. The Labute approximate surface area is 411 Å². The van der Waals surface area contributed by atoms with Crippen molar-refractivity contribution in [3.05, 3.63) is 261 Å². The molecule has 0 saturated carbocycles. The first-order valence-electron chi connectivity index (χ1n) is 24.5. The molecular formula is C67H43N3Si. The Bertz CT molecular complexity index is 4420.